The van der Waals surface area contributed by atoms with Gasteiger partial charge in [-0.1, -0.05) is 13.8 Å². The van der Waals surface area contributed by atoms with Crippen molar-refractivity contribution in [2.75, 3.05) is 13.2 Å². The lowest BCUT2D eigenvalue weighted by molar-refractivity contribution is -0.159. The van der Waals surface area contributed by atoms with Gasteiger partial charge in [0.05, 0.1) is 18.1 Å². The van der Waals surface area contributed by atoms with E-state index in [1.165, 1.54) is 0 Å². The Hall–Kier alpha value is -0.570. The lowest BCUT2D eigenvalue weighted by Crippen LogP contribution is -2.38. The topological polar surface area (TPSA) is 35.5 Å². The highest BCUT2D eigenvalue weighted by molar-refractivity contribution is 5.76. The van der Waals surface area contributed by atoms with Crippen molar-refractivity contribution < 1.29 is 14.3 Å². The second-order valence-corrected chi connectivity index (χ2v) is 4.92. The van der Waals surface area contributed by atoms with E-state index in [2.05, 4.69) is 13.8 Å². The molecular formula is C14H26O3. The summed E-state index contributed by atoms with van der Waals surface area (Å²) in [6.45, 7) is 7.40. The summed E-state index contributed by atoms with van der Waals surface area (Å²) in [7, 11) is 0. The normalized spacial score (nSPS) is 29.0. The number of carbonyl (C=O) groups is 1. The zero-order chi connectivity index (χ0) is 12.7. The van der Waals surface area contributed by atoms with Gasteiger partial charge in [0.15, 0.2) is 0 Å². The maximum Gasteiger partial charge on any atom is 0.312 e. The first-order chi connectivity index (χ1) is 8.18. The number of esters is 1. The molecule has 3 heteroatoms. The molecule has 0 aliphatic heterocycles. The first-order valence-electron chi connectivity index (χ1n) is 6.97. The van der Waals surface area contributed by atoms with E-state index in [4.69, 9.17) is 9.47 Å². The van der Waals surface area contributed by atoms with Gasteiger partial charge in [0, 0.05) is 6.61 Å². The lowest BCUT2D eigenvalue weighted by atomic mass is 9.71. The van der Waals surface area contributed by atoms with E-state index in [0.717, 1.165) is 45.1 Å². The molecule has 1 aliphatic carbocycles. The summed E-state index contributed by atoms with van der Waals surface area (Å²) in [5.74, 6) is -0.00329. The molecule has 0 amide bonds. The van der Waals surface area contributed by atoms with E-state index in [9.17, 15) is 4.79 Å². The highest BCUT2D eigenvalue weighted by atomic mass is 16.5. The van der Waals surface area contributed by atoms with Crippen LogP contribution >= 0.6 is 0 Å². The van der Waals surface area contributed by atoms with E-state index >= 15 is 0 Å². The van der Waals surface area contributed by atoms with Crippen LogP contribution in [0.3, 0.4) is 0 Å². The summed E-state index contributed by atoms with van der Waals surface area (Å²) < 4.78 is 11.0. The Morgan fingerprint density at radius 1 is 1.24 bits per heavy atom. The van der Waals surface area contributed by atoms with Crippen LogP contribution in [0, 0.1) is 5.41 Å². The molecule has 0 aromatic rings. The molecule has 3 nitrogen and oxygen atoms in total. The van der Waals surface area contributed by atoms with E-state index in [1.54, 1.807) is 0 Å². The van der Waals surface area contributed by atoms with Crippen molar-refractivity contribution in [3.05, 3.63) is 0 Å². The molecule has 0 radical (unpaired) electrons. The summed E-state index contributed by atoms with van der Waals surface area (Å²) in [5, 5.41) is 0. The second kappa shape index (κ2) is 7.00. The lowest BCUT2D eigenvalue weighted by Gasteiger charge is -2.37. The van der Waals surface area contributed by atoms with Gasteiger partial charge in [-0.05, 0) is 45.4 Å². The van der Waals surface area contributed by atoms with E-state index in [-0.39, 0.29) is 11.4 Å². The molecule has 1 saturated carbocycles. The molecular weight excluding hydrogens is 216 g/mol. The summed E-state index contributed by atoms with van der Waals surface area (Å²) in [4.78, 5) is 12.0. The fourth-order valence-corrected chi connectivity index (χ4v) is 2.58. The fraction of sp³-hybridized carbons (Fsp3) is 0.929. The monoisotopic (exact) mass is 242 g/mol. The Morgan fingerprint density at radius 2 is 1.88 bits per heavy atom. The van der Waals surface area contributed by atoms with Crippen molar-refractivity contribution in [1.29, 1.82) is 0 Å². The molecule has 1 fully saturated rings. The molecule has 0 saturated heterocycles. The summed E-state index contributed by atoms with van der Waals surface area (Å²) >= 11 is 0. The first kappa shape index (κ1) is 14.5. The highest BCUT2D eigenvalue weighted by Crippen LogP contribution is 2.41. The van der Waals surface area contributed by atoms with Gasteiger partial charge < -0.3 is 9.47 Å². The number of hydrogen-bond acceptors (Lipinski definition) is 3. The summed E-state index contributed by atoms with van der Waals surface area (Å²) in [6.07, 6.45) is 6.11. The highest BCUT2D eigenvalue weighted by Gasteiger charge is 2.41. The van der Waals surface area contributed by atoms with Crippen molar-refractivity contribution in [2.24, 2.45) is 5.41 Å². The largest absolute Gasteiger partial charge is 0.466 e. The second-order valence-electron chi connectivity index (χ2n) is 4.92. The molecule has 100 valence electrons. The number of ether oxygens (including phenoxy) is 2. The zero-order valence-electron chi connectivity index (χ0n) is 11.5. The van der Waals surface area contributed by atoms with Gasteiger partial charge in [-0.25, -0.2) is 0 Å². The Kier molecular flexibility index (Phi) is 5.96. The summed E-state index contributed by atoms with van der Waals surface area (Å²) in [5.41, 5.74) is -0.234. The Morgan fingerprint density at radius 3 is 2.35 bits per heavy atom. The third kappa shape index (κ3) is 3.70. The molecule has 17 heavy (non-hydrogen) atoms. The van der Waals surface area contributed by atoms with Gasteiger partial charge >= 0.3 is 5.97 Å². The Balaban J connectivity index is 2.48. The minimum absolute atomic E-state index is 0.00329. The van der Waals surface area contributed by atoms with Crippen molar-refractivity contribution in [2.45, 2.75) is 65.4 Å². The maximum atomic E-state index is 12.0. The zero-order valence-corrected chi connectivity index (χ0v) is 11.5. The third-order valence-corrected chi connectivity index (χ3v) is 3.83. The van der Waals surface area contributed by atoms with Gasteiger partial charge in [0.1, 0.15) is 0 Å². The van der Waals surface area contributed by atoms with Crippen LogP contribution in [0.1, 0.15) is 59.3 Å². The van der Waals surface area contributed by atoms with Crippen LogP contribution in [-0.4, -0.2) is 25.3 Å². The molecule has 0 spiro atoms. The molecule has 0 aromatic carbocycles. The number of hydrogen-bond donors (Lipinski definition) is 0. The molecule has 0 aromatic heterocycles. The molecule has 0 bridgehead atoms. The first-order valence-corrected chi connectivity index (χ1v) is 6.97. The molecule has 0 N–H and O–H groups in total. The van der Waals surface area contributed by atoms with Crippen LogP contribution in [0.15, 0.2) is 0 Å². The standard InChI is InChI=1S/C14H26O3/c1-4-11-17-12-7-9-14(5-2,10-8-12)13(15)16-6-3/h12H,4-11H2,1-3H3/t12-,14-. The molecule has 0 atom stereocenters. The molecule has 1 rings (SSSR count). The average molecular weight is 242 g/mol. The van der Waals surface area contributed by atoms with E-state index in [1.807, 2.05) is 6.92 Å². The maximum absolute atomic E-state index is 12.0. The average Bonchev–Trinajstić information content (AvgIpc) is 2.37. The van der Waals surface area contributed by atoms with Crippen molar-refractivity contribution in [3.8, 4) is 0 Å². The minimum Gasteiger partial charge on any atom is -0.466 e. The fourth-order valence-electron chi connectivity index (χ4n) is 2.58. The van der Waals surface area contributed by atoms with Gasteiger partial charge in [-0.15, -0.1) is 0 Å². The van der Waals surface area contributed by atoms with Crippen molar-refractivity contribution in [1.82, 2.24) is 0 Å². The van der Waals surface area contributed by atoms with Crippen LogP contribution in [0.25, 0.3) is 0 Å². The Bertz CT molecular complexity index is 230. The third-order valence-electron chi connectivity index (χ3n) is 3.83. The van der Waals surface area contributed by atoms with E-state index in [0.29, 0.717) is 12.7 Å². The van der Waals surface area contributed by atoms with Gasteiger partial charge in [0.25, 0.3) is 0 Å². The molecule has 0 unspecified atom stereocenters. The van der Waals surface area contributed by atoms with Crippen LogP contribution in [0.4, 0.5) is 0 Å². The van der Waals surface area contributed by atoms with Crippen LogP contribution < -0.4 is 0 Å². The Labute approximate surface area is 105 Å². The van der Waals surface area contributed by atoms with Gasteiger partial charge in [-0.2, -0.15) is 0 Å². The summed E-state index contributed by atoms with van der Waals surface area (Å²) in [6, 6.07) is 0. The number of rotatable bonds is 6. The number of carbonyl (C=O) groups excluding carboxylic acids is 1. The van der Waals surface area contributed by atoms with Crippen molar-refractivity contribution >= 4 is 5.97 Å². The molecule has 0 heterocycles. The van der Waals surface area contributed by atoms with E-state index < -0.39 is 0 Å². The van der Waals surface area contributed by atoms with Crippen molar-refractivity contribution in [3.63, 3.8) is 0 Å². The predicted octanol–water partition coefficient (Wildman–Crippen LogP) is 3.32. The molecule has 1 aliphatic rings. The predicted molar refractivity (Wildman–Crippen MR) is 67.9 cm³/mol. The van der Waals surface area contributed by atoms with Crippen LogP contribution in [0.2, 0.25) is 0 Å². The SMILES string of the molecule is CCCO[C@H]1CC[C@](CC)(C(=O)OCC)CC1. The van der Waals surface area contributed by atoms with Gasteiger partial charge in [-0.3, -0.25) is 4.79 Å². The van der Waals surface area contributed by atoms with Crippen LogP contribution in [-0.2, 0) is 14.3 Å². The quantitative estimate of drug-likeness (QED) is 0.670. The minimum atomic E-state index is -0.234. The smallest absolute Gasteiger partial charge is 0.312 e. The van der Waals surface area contributed by atoms with Crippen LogP contribution in [0.5, 0.6) is 0 Å². The van der Waals surface area contributed by atoms with Gasteiger partial charge in [0.2, 0.25) is 0 Å².